The van der Waals surface area contributed by atoms with Gasteiger partial charge in [-0.05, 0) is 97.9 Å². The summed E-state index contributed by atoms with van der Waals surface area (Å²) in [5, 5.41) is 0. The van der Waals surface area contributed by atoms with Gasteiger partial charge in [0.15, 0.2) is 0 Å². The van der Waals surface area contributed by atoms with E-state index in [0.717, 1.165) is 63.0 Å². The Morgan fingerprint density at radius 3 is 0.977 bits per heavy atom. The first kappa shape index (κ1) is 46.0. The first-order valence-corrected chi connectivity index (χ1v) is 18.6. The first-order valence-electron chi connectivity index (χ1n) is 15.4. The van der Waals surface area contributed by atoms with Gasteiger partial charge in [0.1, 0.15) is 0 Å². The minimum atomic E-state index is -4.12. The molecule has 0 heterocycles. The summed E-state index contributed by atoms with van der Waals surface area (Å²) in [7, 11) is -8.24. The maximum Gasteiger partial charge on any atom is 1.00 e. The summed E-state index contributed by atoms with van der Waals surface area (Å²) < 4.78 is 64.4. The van der Waals surface area contributed by atoms with E-state index in [1.165, 1.54) is 22.3 Å². The third kappa shape index (κ3) is 19.5. The van der Waals surface area contributed by atoms with Crippen LogP contribution < -0.4 is 68.9 Å². The SMILES string of the molecule is CCCN(CCCS(=O)(=O)[O-])c1cc(CC)cc(CC)c1.CCCN(CCCS(=O)(=O)[O-])c1cc(CC)cc(CC)c1.[Na+].[Na+]. The fourth-order valence-corrected chi connectivity index (χ4v) is 5.78. The van der Waals surface area contributed by atoms with Crippen LogP contribution in [0, 0.1) is 0 Å². The van der Waals surface area contributed by atoms with Crippen molar-refractivity contribution >= 4 is 31.6 Å². The van der Waals surface area contributed by atoms with E-state index in [9.17, 15) is 25.9 Å². The standard InChI is InChI=1S/2C16H27NO3S.2Na/c2*1-4-8-17(9-7-10-21(18,19)20)16-12-14(5-2)11-15(6-3)13-16;;/h2*11-13H,4-10H2,1-3H3,(H,18,19,20);;/q;;2*+1/p-2. The van der Waals surface area contributed by atoms with Gasteiger partial charge in [-0.15, -0.1) is 0 Å². The van der Waals surface area contributed by atoms with Gasteiger partial charge in [-0.3, -0.25) is 0 Å². The van der Waals surface area contributed by atoms with Crippen molar-refractivity contribution < 1.29 is 85.1 Å². The molecule has 0 bridgehead atoms. The Hall–Kier alpha value is -0.140. The second kappa shape index (κ2) is 24.1. The molecule has 0 aliphatic heterocycles. The van der Waals surface area contributed by atoms with Crippen LogP contribution in [0.25, 0.3) is 0 Å². The van der Waals surface area contributed by atoms with E-state index in [-0.39, 0.29) is 70.6 Å². The van der Waals surface area contributed by atoms with Gasteiger partial charge in [0, 0.05) is 49.1 Å². The van der Waals surface area contributed by atoms with Crippen LogP contribution in [-0.4, -0.2) is 63.6 Å². The smallest absolute Gasteiger partial charge is 0.748 e. The molecule has 0 N–H and O–H groups in total. The van der Waals surface area contributed by atoms with Crippen molar-refractivity contribution in [2.75, 3.05) is 47.5 Å². The summed E-state index contributed by atoms with van der Waals surface area (Å²) >= 11 is 0. The van der Waals surface area contributed by atoms with Crippen LogP contribution >= 0.6 is 0 Å². The van der Waals surface area contributed by atoms with E-state index in [0.29, 0.717) is 25.9 Å². The van der Waals surface area contributed by atoms with Crippen LogP contribution in [0.15, 0.2) is 36.4 Å². The topological polar surface area (TPSA) is 121 Å². The number of benzene rings is 2. The van der Waals surface area contributed by atoms with Gasteiger partial charge in [-0.25, -0.2) is 16.8 Å². The number of rotatable bonds is 18. The molecule has 0 radical (unpaired) electrons. The van der Waals surface area contributed by atoms with Crippen molar-refractivity contribution in [1.82, 2.24) is 0 Å². The Labute approximate surface area is 312 Å². The molecule has 2 rings (SSSR count). The fraction of sp³-hybridized carbons (Fsp3) is 0.625. The maximum absolute atomic E-state index is 10.7. The predicted molar refractivity (Wildman–Crippen MR) is 174 cm³/mol. The zero-order valence-corrected chi connectivity index (χ0v) is 34.2. The minimum Gasteiger partial charge on any atom is -0.748 e. The predicted octanol–water partition coefficient (Wildman–Crippen LogP) is -0.0658. The minimum absolute atomic E-state index is 0. The Morgan fingerprint density at radius 1 is 0.500 bits per heavy atom. The molecule has 240 valence electrons. The number of nitrogens with zero attached hydrogens (tertiary/aromatic N) is 2. The Bertz CT molecular complexity index is 1150. The monoisotopic (exact) mass is 670 g/mol. The summed E-state index contributed by atoms with van der Waals surface area (Å²) in [6.07, 6.45) is 6.66. The molecule has 0 saturated carbocycles. The van der Waals surface area contributed by atoms with E-state index >= 15 is 0 Å². The van der Waals surface area contributed by atoms with Crippen molar-refractivity contribution in [2.24, 2.45) is 0 Å². The van der Waals surface area contributed by atoms with Gasteiger partial charge in [0.2, 0.25) is 0 Å². The van der Waals surface area contributed by atoms with Crippen LogP contribution in [0.3, 0.4) is 0 Å². The van der Waals surface area contributed by atoms with Crippen LogP contribution in [-0.2, 0) is 45.9 Å². The van der Waals surface area contributed by atoms with Gasteiger partial charge in [-0.1, -0.05) is 53.7 Å². The molecule has 0 aliphatic rings. The largest absolute Gasteiger partial charge is 1.00 e. The number of hydrogen-bond acceptors (Lipinski definition) is 8. The molecule has 0 saturated heterocycles. The van der Waals surface area contributed by atoms with E-state index in [2.05, 4.69) is 87.7 Å². The number of anilines is 2. The summed E-state index contributed by atoms with van der Waals surface area (Å²) in [6, 6.07) is 13.1. The molecule has 0 aliphatic carbocycles. The van der Waals surface area contributed by atoms with Crippen LogP contribution in [0.4, 0.5) is 11.4 Å². The van der Waals surface area contributed by atoms with Gasteiger partial charge in [0.05, 0.1) is 20.2 Å². The zero-order chi connectivity index (χ0) is 31.8. The third-order valence-electron chi connectivity index (χ3n) is 7.07. The molecule has 8 nitrogen and oxygen atoms in total. The quantitative estimate of drug-likeness (QED) is 0.160. The molecule has 0 amide bonds. The van der Waals surface area contributed by atoms with E-state index in [1.54, 1.807) is 0 Å². The van der Waals surface area contributed by atoms with Crippen molar-refractivity contribution in [3.8, 4) is 0 Å². The number of hydrogen-bond donors (Lipinski definition) is 0. The maximum atomic E-state index is 10.7. The average molecular weight is 671 g/mol. The Kier molecular flexibility index (Phi) is 25.2. The van der Waals surface area contributed by atoms with Gasteiger partial charge in [-0.2, -0.15) is 0 Å². The van der Waals surface area contributed by atoms with Crippen LogP contribution in [0.1, 0.15) is 89.5 Å². The van der Waals surface area contributed by atoms with Crippen molar-refractivity contribution in [2.45, 2.75) is 92.9 Å². The fourth-order valence-electron chi connectivity index (χ4n) is 4.81. The van der Waals surface area contributed by atoms with E-state index in [1.807, 2.05) is 0 Å². The number of aryl methyl sites for hydroxylation is 4. The average Bonchev–Trinajstić information content (AvgIpc) is 2.94. The van der Waals surface area contributed by atoms with E-state index < -0.39 is 20.2 Å². The van der Waals surface area contributed by atoms with Crippen molar-refractivity contribution in [3.05, 3.63) is 58.7 Å². The molecule has 0 fully saturated rings. The Balaban J connectivity index is 0. The van der Waals surface area contributed by atoms with E-state index in [4.69, 9.17) is 0 Å². The molecule has 44 heavy (non-hydrogen) atoms. The summed E-state index contributed by atoms with van der Waals surface area (Å²) in [5.74, 6) is -0.581. The molecule has 2 aromatic carbocycles. The molecule has 0 spiro atoms. The van der Waals surface area contributed by atoms with Gasteiger partial charge in [0.25, 0.3) is 0 Å². The first-order chi connectivity index (χ1) is 19.8. The second-order valence-electron chi connectivity index (χ2n) is 10.6. The third-order valence-corrected chi connectivity index (χ3v) is 8.65. The molecule has 0 aromatic heterocycles. The molecule has 12 heteroatoms. The molecular weight excluding hydrogens is 618 g/mol. The van der Waals surface area contributed by atoms with Gasteiger partial charge < -0.3 is 18.9 Å². The normalized spacial score (nSPS) is 11.1. The molecule has 0 unspecified atom stereocenters. The van der Waals surface area contributed by atoms with Gasteiger partial charge >= 0.3 is 59.1 Å². The summed E-state index contributed by atoms with van der Waals surface area (Å²) in [4.78, 5) is 4.37. The summed E-state index contributed by atoms with van der Waals surface area (Å²) in [6.45, 7) is 15.7. The van der Waals surface area contributed by atoms with Crippen molar-refractivity contribution in [1.29, 1.82) is 0 Å². The Morgan fingerprint density at radius 2 is 0.773 bits per heavy atom. The molecule has 2 aromatic rings. The van der Waals surface area contributed by atoms with Crippen LogP contribution in [0.2, 0.25) is 0 Å². The van der Waals surface area contributed by atoms with Crippen molar-refractivity contribution in [3.63, 3.8) is 0 Å². The zero-order valence-electron chi connectivity index (χ0n) is 28.5. The molecule has 0 atom stereocenters. The molecular formula is C32H52N2Na2O6S2. The summed E-state index contributed by atoms with van der Waals surface area (Å²) in [5.41, 5.74) is 7.44. The second-order valence-corrected chi connectivity index (χ2v) is 13.7. The van der Waals surface area contributed by atoms with Crippen LogP contribution in [0.5, 0.6) is 0 Å².